The second-order valence-corrected chi connectivity index (χ2v) is 5.95. The van der Waals surface area contributed by atoms with Gasteiger partial charge < -0.3 is 19.4 Å². The van der Waals surface area contributed by atoms with E-state index in [-0.39, 0.29) is 18.7 Å². The van der Waals surface area contributed by atoms with Crippen molar-refractivity contribution in [3.8, 4) is 11.5 Å². The fourth-order valence-corrected chi connectivity index (χ4v) is 2.91. The first-order valence-corrected chi connectivity index (χ1v) is 7.91. The number of amides is 1. The van der Waals surface area contributed by atoms with Crippen LogP contribution in [0.25, 0.3) is 0 Å². The number of ether oxygens (including phenoxy) is 2. The number of imidazole rings is 1. The molecule has 3 rings (SSSR count). The summed E-state index contributed by atoms with van der Waals surface area (Å²) in [4.78, 5) is 16.2. The van der Waals surface area contributed by atoms with Crippen molar-refractivity contribution in [3.63, 3.8) is 0 Å². The normalized spacial score (nSPS) is 13.9. The Balaban J connectivity index is 1.56. The lowest BCUT2D eigenvalue weighted by atomic mass is 10.1. The number of nitrogens with zero attached hydrogens (tertiary/aromatic N) is 2. The third kappa shape index (κ3) is 3.19. The van der Waals surface area contributed by atoms with Crippen LogP contribution in [0.5, 0.6) is 11.5 Å². The molecule has 0 saturated heterocycles. The lowest BCUT2D eigenvalue weighted by Crippen LogP contribution is -2.28. The molecule has 1 N–H and O–H groups in total. The minimum Gasteiger partial charge on any atom is -0.454 e. The summed E-state index contributed by atoms with van der Waals surface area (Å²) in [6, 6.07) is 5.61. The van der Waals surface area contributed by atoms with E-state index in [0.29, 0.717) is 5.75 Å². The third-order valence-corrected chi connectivity index (χ3v) is 4.44. The molecule has 1 aliphatic heterocycles. The number of carbonyl (C=O) groups excluding carboxylic acids is 1. The lowest BCUT2D eigenvalue weighted by molar-refractivity contribution is -0.119. The first-order chi connectivity index (χ1) is 10.6. The maximum Gasteiger partial charge on any atom is 0.231 e. The number of hydrogen-bond acceptors (Lipinski definition) is 5. The summed E-state index contributed by atoms with van der Waals surface area (Å²) in [5.41, 5.74) is 0.986. The van der Waals surface area contributed by atoms with Gasteiger partial charge in [-0.2, -0.15) is 0 Å². The highest BCUT2D eigenvalue weighted by Gasteiger charge is 2.17. The van der Waals surface area contributed by atoms with Crippen molar-refractivity contribution in [1.82, 2.24) is 14.9 Å². The first kappa shape index (κ1) is 14.8. The van der Waals surface area contributed by atoms with Gasteiger partial charge in [0.15, 0.2) is 16.7 Å². The van der Waals surface area contributed by atoms with Crippen LogP contribution in [0.3, 0.4) is 0 Å². The second kappa shape index (κ2) is 6.31. The molecule has 1 aliphatic rings. The van der Waals surface area contributed by atoms with E-state index in [1.807, 2.05) is 42.9 Å². The number of nitrogens with one attached hydrogen (secondary N) is 1. The summed E-state index contributed by atoms with van der Waals surface area (Å²) in [6.07, 6.45) is 3.57. The Hall–Kier alpha value is -2.15. The van der Waals surface area contributed by atoms with Gasteiger partial charge in [-0.15, -0.1) is 0 Å². The van der Waals surface area contributed by atoms with E-state index in [4.69, 9.17) is 9.47 Å². The van der Waals surface area contributed by atoms with Gasteiger partial charge in [-0.3, -0.25) is 4.79 Å². The summed E-state index contributed by atoms with van der Waals surface area (Å²) in [6.45, 7) is 2.20. The van der Waals surface area contributed by atoms with Crippen molar-refractivity contribution in [2.45, 2.75) is 18.1 Å². The van der Waals surface area contributed by atoms with Crippen LogP contribution in [0.4, 0.5) is 0 Å². The summed E-state index contributed by atoms with van der Waals surface area (Å²) in [5.74, 6) is 1.77. The standard InChI is InChI=1S/C15H17N3O3S/c1-10(11-3-4-12-13(7-11)21-9-20-12)17-14(19)8-22-15-16-5-6-18(15)2/h3-7,10H,8-9H2,1-2H3,(H,17,19)/t10-/m1/s1. The van der Waals surface area contributed by atoms with Crippen LogP contribution >= 0.6 is 11.8 Å². The van der Waals surface area contributed by atoms with Crippen LogP contribution in [-0.4, -0.2) is 28.0 Å². The number of aromatic nitrogens is 2. The average molecular weight is 319 g/mol. The molecule has 2 aromatic rings. The molecule has 7 heteroatoms. The topological polar surface area (TPSA) is 65.4 Å². The Morgan fingerprint density at radius 1 is 1.45 bits per heavy atom. The van der Waals surface area contributed by atoms with Gasteiger partial charge in [-0.25, -0.2) is 4.98 Å². The number of benzene rings is 1. The Labute approximate surface area is 132 Å². The first-order valence-electron chi connectivity index (χ1n) is 6.92. The van der Waals surface area contributed by atoms with Gasteiger partial charge in [0, 0.05) is 19.4 Å². The molecule has 0 saturated carbocycles. The highest BCUT2D eigenvalue weighted by atomic mass is 32.2. The van der Waals surface area contributed by atoms with Crippen molar-refractivity contribution in [1.29, 1.82) is 0 Å². The van der Waals surface area contributed by atoms with Crippen LogP contribution in [0, 0.1) is 0 Å². The molecule has 1 aromatic heterocycles. The monoisotopic (exact) mass is 319 g/mol. The molecule has 0 unspecified atom stereocenters. The lowest BCUT2D eigenvalue weighted by Gasteiger charge is -2.14. The zero-order valence-corrected chi connectivity index (χ0v) is 13.2. The molecule has 22 heavy (non-hydrogen) atoms. The molecule has 1 atom stereocenters. The van der Waals surface area contributed by atoms with Crippen molar-refractivity contribution >= 4 is 17.7 Å². The Morgan fingerprint density at radius 3 is 3.05 bits per heavy atom. The Bertz CT molecular complexity index is 686. The predicted octanol–water partition coefficient (Wildman–Crippen LogP) is 2.12. The zero-order chi connectivity index (χ0) is 15.5. The number of hydrogen-bond donors (Lipinski definition) is 1. The molecule has 0 spiro atoms. The Kier molecular flexibility index (Phi) is 4.24. The third-order valence-electron chi connectivity index (χ3n) is 3.38. The van der Waals surface area contributed by atoms with E-state index >= 15 is 0 Å². The fourth-order valence-electron chi connectivity index (χ4n) is 2.17. The van der Waals surface area contributed by atoms with Gasteiger partial charge in [0.25, 0.3) is 0 Å². The van der Waals surface area contributed by atoms with E-state index in [0.717, 1.165) is 22.2 Å². The highest BCUT2D eigenvalue weighted by molar-refractivity contribution is 7.99. The minimum atomic E-state index is -0.0935. The fraction of sp³-hybridized carbons (Fsp3) is 0.333. The molecular formula is C15H17N3O3S. The number of aryl methyl sites for hydroxylation is 1. The summed E-state index contributed by atoms with van der Waals surface area (Å²) in [5, 5.41) is 3.80. The van der Waals surface area contributed by atoms with Gasteiger partial charge in [-0.1, -0.05) is 17.8 Å². The van der Waals surface area contributed by atoms with E-state index in [1.165, 1.54) is 11.8 Å². The van der Waals surface area contributed by atoms with Gasteiger partial charge >= 0.3 is 0 Å². The van der Waals surface area contributed by atoms with Gasteiger partial charge in [0.1, 0.15) is 0 Å². The minimum absolute atomic E-state index is 0.0295. The second-order valence-electron chi connectivity index (χ2n) is 5.01. The van der Waals surface area contributed by atoms with E-state index in [9.17, 15) is 4.79 Å². The van der Waals surface area contributed by atoms with Crippen LogP contribution in [-0.2, 0) is 11.8 Å². The quantitative estimate of drug-likeness (QED) is 0.855. The number of carbonyl (C=O) groups is 1. The maximum atomic E-state index is 12.0. The van der Waals surface area contributed by atoms with Crippen molar-refractivity contribution in [2.75, 3.05) is 12.5 Å². The molecular weight excluding hydrogens is 302 g/mol. The molecule has 1 aromatic carbocycles. The van der Waals surface area contributed by atoms with Crippen LogP contribution in [0.1, 0.15) is 18.5 Å². The zero-order valence-electron chi connectivity index (χ0n) is 12.4. The molecule has 0 bridgehead atoms. The van der Waals surface area contributed by atoms with Gasteiger partial charge in [-0.05, 0) is 24.6 Å². The van der Waals surface area contributed by atoms with Gasteiger partial charge in [0.05, 0.1) is 11.8 Å². The smallest absolute Gasteiger partial charge is 0.231 e. The van der Waals surface area contributed by atoms with Crippen LogP contribution < -0.4 is 14.8 Å². The summed E-state index contributed by atoms with van der Waals surface area (Å²) < 4.78 is 12.5. The number of fused-ring (bicyclic) bond motifs is 1. The van der Waals surface area contributed by atoms with Crippen LogP contribution in [0.15, 0.2) is 35.7 Å². The summed E-state index contributed by atoms with van der Waals surface area (Å²) in [7, 11) is 1.91. The van der Waals surface area contributed by atoms with E-state index in [2.05, 4.69) is 10.3 Å². The summed E-state index contributed by atoms with van der Waals surface area (Å²) >= 11 is 1.41. The maximum absolute atomic E-state index is 12.0. The molecule has 0 fully saturated rings. The largest absolute Gasteiger partial charge is 0.454 e. The SMILES string of the molecule is C[C@@H](NC(=O)CSc1nccn1C)c1ccc2c(c1)OCO2. The van der Waals surface area contributed by atoms with Crippen LogP contribution in [0.2, 0.25) is 0 Å². The van der Waals surface area contributed by atoms with Crippen molar-refractivity contribution in [2.24, 2.45) is 7.05 Å². The molecule has 116 valence electrons. The number of thioether (sulfide) groups is 1. The number of rotatable bonds is 5. The molecule has 1 amide bonds. The van der Waals surface area contributed by atoms with E-state index in [1.54, 1.807) is 6.20 Å². The molecule has 0 radical (unpaired) electrons. The average Bonchev–Trinajstić information content (AvgIpc) is 3.12. The molecule has 6 nitrogen and oxygen atoms in total. The highest BCUT2D eigenvalue weighted by Crippen LogP contribution is 2.34. The van der Waals surface area contributed by atoms with E-state index < -0.39 is 0 Å². The van der Waals surface area contributed by atoms with Crippen molar-refractivity contribution in [3.05, 3.63) is 36.2 Å². The Morgan fingerprint density at radius 2 is 2.27 bits per heavy atom. The molecule has 2 heterocycles. The van der Waals surface area contributed by atoms with Crippen molar-refractivity contribution < 1.29 is 14.3 Å². The predicted molar refractivity (Wildman–Crippen MR) is 83.1 cm³/mol. The van der Waals surface area contributed by atoms with Gasteiger partial charge in [0.2, 0.25) is 12.7 Å². The molecule has 0 aliphatic carbocycles.